The lowest BCUT2D eigenvalue weighted by atomic mass is 9.89. The first-order valence-corrected chi connectivity index (χ1v) is 6.83. The minimum atomic E-state index is 0.580. The highest BCUT2D eigenvalue weighted by Gasteiger charge is 2.17. The van der Waals surface area contributed by atoms with Gasteiger partial charge < -0.3 is 9.32 Å². The van der Waals surface area contributed by atoms with Crippen LogP contribution in [-0.4, -0.2) is 42.8 Å². The minimum absolute atomic E-state index is 0.580. The Morgan fingerprint density at radius 2 is 1.83 bits per heavy atom. The molecule has 0 spiro atoms. The van der Waals surface area contributed by atoms with Crippen LogP contribution in [0.25, 0.3) is 0 Å². The van der Waals surface area contributed by atoms with Crippen LogP contribution in [0.15, 0.2) is 4.42 Å². The van der Waals surface area contributed by atoms with Crippen molar-refractivity contribution in [2.45, 2.75) is 38.6 Å². The predicted molar refractivity (Wildman–Crippen MR) is 71.5 cm³/mol. The Morgan fingerprint density at radius 1 is 1.11 bits per heavy atom. The Hall–Kier alpha value is -1.10. The summed E-state index contributed by atoms with van der Waals surface area (Å²) in [4.78, 5) is 4.13. The molecular weight excluding hydrogens is 228 g/mol. The van der Waals surface area contributed by atoms with E-state index in [9.17, 15) is 0 Å². The Morgan fingerprint density at radius 3 is 2.44 bits per heavy atom. The van der Waals surface area contributed by atoms with E-state index >= 15 is 0 Å². The molecule has 1 fully saturated rings. The number of aromatic nitrogens is 2. The van der Waals surface area contributed by atoms with Gasteiger partial charge in [-0.2, -0.15) is 0 Å². The van der Waals surface area contributed by atoms with Crippen LogP contribution in [0.2, 0.25) is 0 Å². The molecular formula is C13H24N4O. The molecule has 18 heavy (non-hydrogen) atoms. The second kappa shape index (κ2) is 6.18. The zero-order chi connectivity index (χ0) is 13.0. The van der Waals surface area contributed by atoms with E-state index in [1.807, 2.05) is 19.0 Å². The lowest BCUT2D eigenvalue weighted by molar-refractivity contribution is 0.213. The molecule has 1 aliphatic rings. The summed E-state index contributed by atoms with van der Waals surface area (Å²) in [6, 6.07) is 0.580. The van der Waals surface area contributed by atoms with Crippen LogP contribution in [0.3, 0.4) is 0 Å². The molecule has 5 nitrogen and oxygen atoms in total. The van der Waals surface area contributed by atoms with Gasteiger partial charge in [0, 0.05) is 20.6 Å². The Kier molecular flexibility index (Phi) is 4.58. The topological polar surface area (TPSA) is 45.4 Å². The second-order valence-electron chi connectivity index (χ2n) is 5.57. The summed E-state index contributed by atoms with van der Waals surface area (Å²) in [7, 11) is 5.94. The molecule has 0 aliphatic heterocycles. The quantitative estimate of drug-likeness (QED) is 0.803. The minimum Gasteiger partial charge on any atom is -0.407 e. The van der Waals surface area contributed by atoms with Crippen molar-refractivity contribution < 1.29 is 4.42 Å². The molecule has 0 N–H and O–H groups in total. The van der Waals surface area contributed by atoms with Crippen LogP contribution >= 0.6 is 0 Å². The highest BCUT2D eigenvalue weighted by atomic mass is 16.4. The van der Waals surface area contributed by atoms with Gasteiger partial charge in [0.1, 0.15) is 0 Å². The zero-order valence-electron chi connectivity index (χ0n) is 11.7. The fraction of sp³-hybridized carbons (Fsp3) is 0.846. The van der Waals surface area contributed by atoms with Gasteiger partial charge in [0.2, 0.25) is 5.89 Å². The maximum Gasteiger partial charge on any atom is 0.317 e. The average Bonchev–Trinajstić information content (AvgIpc) is 2.78. The Labute approximate surface area is 109 Å². The van der Waals surface area contributed by atoms with Crippen molar-refractivity contribution in [3.8, 4) is 0 Å². The Balaban J connectivity index is 1.80. The van der Waals surface area contributed by atoms with Gasteiger partial charge in [-0.1, -0.05) is 24.4 Å². The zero-order valence-corrected chi connectivity index (χ0v) is 11.7. The summed E-state index contributed by atoms with van der Waals surface area (Å²) in [5, 5.41) is 8.07. The molecule has 1 aromatic heterocycles. The van der Waals surface area contributed by atoms with E-state index in [2.05, 4.69) is 22.1 Å². The van der Waals surface area contributed by atoms with Gasteiger partial charge in [-0.05, 0) is 25.8 Å². The van der Waals surface area contributed by atoms with Crippen molar-refractivity contribution in [2.75, 3.05) is 32.6 Å². The van der Waals surface area contributed by atoms with Crippen molar-refractivity contribution in [3.63, 3.8) is 0 Å². The third-order valence-corrected chi connectivity index (χ3v) is 3.54. The van der Waals surface area contributed by atoms with Gasteiger partial charge in [-0.15, -0.1) is 5.10 Å². The number of anilines is 1. The molecule has 102 valence electrons. The van der Waals surface area contributed by atoms with E-state index < -0.39 is 0 Å². The molecule has 0 unspecified atom stereocenters. The lowest BCUT2D eigenvalue weighted by Crippen LogP contribution is -2.26. The van der Waals surface area contributed by atoms with Gasteiger partial charge in [0.05, 0.1) is 6.54 Å². The number of nitrogens with zero attached hydrogens (tertiary/aromatic N) is 4. The molecule has 1 heterocycles. The standard InChI is InChI=1S/C13H24N4O/c1-16(2)13-15-14-12(18-13)10-17(3)9-11-7-5-4-6-8-11/h11H,4-10H2,1-3H3. The SMILES string of the molecule is CN(Cc1nnc(N(C)C)o1)CC1CCCCC1. The predicted octanol–water partition coefficient (Wildman–Crippen LogP) is 2.15. The van der Waals surface area contributed by atoms with E-state index in [4.69, 9.17) is 4.42 Å². The largest absolute Gasteiger partial charge is 0.407 e. The van der Waals surface area contributed by atoms with Crippen molar-refractivity contribution in [2.24, 2.45) is 5.92 Å². The lowest BCUT2D eigenvalue weighted by Gasteiger charge is -2.26. The molecule has 0 saturated heterocycles. The van der Waals surface area contributed by atoms with Crippen LogP contribution in [-0.2, 0) is 6.54 Å². The third-order valence-electron chi connectivity index (χ3n) is 3.54. The summed E-state index contributed by atoms with van der Waals surface area (Å²) in [6.45, 7) is 1.89. The second-order valence-corrected chi connectivity index (χ2v) is 5.57. The van der Waals surface area contributed by atoms with E-state index in [-0.39, 0.29) is 0 Å². The molecule has 0 aromatic carbocycles. The van der Waals surface area contributed by atoms with Gasteiger partial charge in [-0.3, -0.25) is 4.90 Å². The number of hydrogen-bond acceptors (Lipinski definition) is 5. The summed E-state index contributed by atoms with van der Waals surface area (Å²) in [5.74, 6) is 1.55. The van der Waals surface area contributed by atoms with E-state index in [1.165, 1.54) is 32.1 Å². The molecule has 5 heteroatoms. The smallest absolute Gasteiger partial charge is 0.317 e. The summed E-state index contributed by atoms with van der Waals surface area (Å²) < 4.78 is 5.57. The van der Waals surface area contributed by atoms with Crippen molar-refractivity contribution in [3.05, 3.63) is 5.89 Å². The first-order valence-electron chi connectivity index (χ1n) is 6.83. The van der Waals surface area contributed by atoms with Crippen LogP contribution in [0.1, 0.15) is 38.0 Å². The Bertz CT molecular complexity index is 358. The molecule has 1 saturated carbocycles. The summed E-state index contributed by atoms with van der Waals surface area (Å²) >= 11 is 0. The highest BCUT2D eigenvalue weighted by Crippen LogP contribution is 2.24. The molecule has 0 bridgehead atoms. The molecule has 1 aromatic rings. The first-order chi connectivity index (χ1) is 8.65. The molecule has 2 rings (SSSR count). The average molecular weight is 252 g/mol. The van der Waals surface area contributed by atoms with E-state index in [0.29, 0.717) is 11.9 Å². The third kappa shape index (κ3) is 3.70. The number of rotatable bonds is 5. The van der Waals surface area contributed by atoms with Gasteiger partial charge in [-0.25, -0.2) is 0 Å². The fourth-order valence-corrected chi connectivity index (χ4v) is 2.60. The van der Waals surface area contributed by atoms with Crippen LogP contribution < -0.4 is 4.90 Å². The van der Waals surface area contributed by atoms with Gasteiger partial charge in [0.15, 0.2) is 0 Å². The van der Waals surface area contributed by atoms with Crippen molar-refractivity contribution in [1.82, 2.24) is 15.1 Å². The molecule has 0 atom stereocenters. The summed E-state index contributed by atoms with van der Waals surface area (Å²) in [6.07, 6.45) is 6.94. The van der Waals surface area contributed by atoms with Gasteiger partial charge >= 0.3 is 6.01 Å². The molecule has 0 amide bonds. The summed E-state index contributed by atoms with van der Waals surface area (Å²) in [5.41, 5.74) is 0. The van der Waals surface area contributed by atoms with Crippen LogP contribution in [0, 0.1) is 5.92 Å². The maximum absolute atomic E-state index is 5.57. The van der Waals surface area contributed by atoms with E-state index in [0.717, 1.165) is 19.0 Å². The van der Waals surface area contributed by atoms with E-state index in [1.54, 1.807) is 0 Å². The van der Waals surface area contributed by atoms with Crippen LogP contribution in [0.5, 0.6) is 0 Å². The van der Waals surface area contributed by atoms with Crippen LogP contribution in [0.4, 0.5) is 6.01 Å². The van der Waals surface area contributed by atoms with Gasteiger partial charge in [0.25, 0.3) is 0 Å². The van der Waals surface area contributed by atoms with Crippen molar-refractivity contribution in [1.29, 1.82) is 0 Å². The molecule has 0 radical (unpaired) electrons. The monoisotopic (exact) mass is 252 g/mol. The fourth-order valence-electron chi connectivity index (χ4n) is 2.60. The number of hydrogen-bond donors (Lipinski definition) is 0. The maximum atomic E-state index is 5.57. The normalized spacial score (nSPS) is 17.3. The first kappa shape index (κ1) is 13.3. The molecule has 1 aliphatic carbocycles. The highest BCUT2D eigenvalue weighted by molar-refractivity contribution is 5.19. The van der Waals surface area contributed by atoms with Crippen molar-refractivity contribution >= 4 is 6.01 Å².